The topological polar surface area (TPSA) is 102 Å². The van der Waals surface area contributed by atoms with Gasteiger partial charge in [-0.1, -0.05) is 0 Å². The first-order valence-electron chi connectivity index (χ1n) is 7.84. The summed E-state index contributed by atoms with van der Waals surface area (Å²) in [5, 5.41) is 11.7. The van der Waals surface area contributed by atoms with Crippen molar-refractivity contribution < 1.29 is 19.4 Å². The number of carbonyl (C=O) groups is 2. The van der Waals surface area contributed by atoms with Crippen LogP contribution in [0.5, 0.6) is 5.75 Å². The number of carbonyl (C=O) groups excluding carboxylic acids is 1. The van der Waals surface area contributed by atoms with Crippen LogP contribution in [0, 0.1) is 0 Å². The van der Waals surface area contributed by atoms with Gasteiger partial charge in [0.15, 0.2) is 0 Å². The fraction of sp³-hybridized carbons (Fsp3) is 0.222. The van der Waals surface area contributed by atoms with E-state index >= 15 is 0 Å². The number of para-hydroxylation sites is 1. The number of anilines is 1. The summed E-state index contributed by atoms with van der Waals surface area (Å²) < 4.78 is 6.24. The van der Waals surface area contributed by atoms with Crippen molar-refractivity contribution in [1.29, 1.82) is 0 Å². The monoisotopic (exact) mass is 440 g/mol. The van der Waals surface area contributed by atoms with Crippen LogP contribution in [-0.2, 0) is 4.79 Å². The van der Waals surface area contributed by atoms with Gasteiger partial charge in [0, 0.05) is 0 Å². The van der Waals surface area contributed by atoms with Crippen LogP contribution in [0.3, 0.4) is 0 Å². The van der Waals surface area contributed by atoms with Gasteiger partial charge in [0.2, 0.25) is 0 Å². The van der Waals surface area contributed by atoms with E-state index in [1.807, 2.05) is 36.4 Å². The van der Waals surface area contributed by atoms with Crippen LogP contribution in [0.2, 0.25) is 0 Å². The molecule has 0 saturated heterocycles. The second kappa shape index (κ2) is 10.2. The van der Waals surface area contributed by atoms with Crippen molar-refractivity contribution in [2.45, 2.75) is 12.5 Å². The molecule has 2 aromatic rings. The van der Waals surface area contributed by atoms with Gasteiger partial charge in [-0.2, -0.15) is 0 Å². The summed E-state index contributed by atoms with van der Waals surface area (Å²) in [7, 11) is 3.15. The molecule has 26 heavy (non-hydrogen) atoms. The van der Waals surface area contributed by atoms with Crippen LogP contribution >= 0.6 is 10.2 Å². The Morgan fingerprint density at radius 1 is 1.23 bits per heavy atom. The minimum atomic E-state index is -1.00. The van der Waals surface area contributed by atoms with Gasteiger partial charge in [-0.15, -0.1) is 0 Å². The summed E-state index contributed by atoms with van der Waals surface area (Å²) in [4.78, 5) is 23.4. The molecule has 0 bridgehead atoms. The van der Waals surface area contributed by atoms with Crippen LogP contribution in [0.1, 0.15) is 16.8 Å². The van der Waals surface area contributed by atoms with Crippen LogP contribution < -0.4 is 20.2 Å². The van der Waals surface area contributed by atoms with E-state index in [4.69, 9.17) is 15.6 Å². The second-order valence-corrected chi connectivity index (χ2v) is 9.50. The molecule has 0 heterocycles. The zero-order valence-electron chi connectivity index (χ0n) is 14.2. The number of nitrogens with one attached hydrogen (secondary N) is 1. The van der Waals surface area contributed by atoms with Gasteiger partial charge in [0.1, 0.15) is 0 Å². The molecular formula is C18H20N2O4SSe. The van der Waals surface area contributed by atoms with Gasteiger partial charge < -0.3 is 0 Å². The first-order chi connectivity index (χ1) is 12.5. The number of benzene rings is 2. The average Bonchev–Trinajstić information content (AvgIpc) is 2.65. The maximum absolute atomic E-state index is 12.7. The Morgan fingerprint density at radius 2 is 1.96 bits per heavy atom. The van der Waals surface area contributed by atoms with Crippen molar-refractivity contribution in [2.24, 2.45) is 5.73 Å². The van der Waals surface area contributed by atoms with Gasteiger partial charge in [-0.25, -0.2) is 0 Å². The van der Waals surface area contributed by atoms with E-state index in [2.05, 4.69) is 5.32 Å². The molecular weight excluding hydrogens is 419 g/mol. The average molecular weight is 439 g/mol. The summed E-state index contributed by atoms with van der Waals surface area (Å²) in [6.45, 7) is 0. The third kappa shape index (κ3) is 5.78. The Balaban J connectivity index is 2.09. The Hall–Kier alpha value is -1.99. The molecule has 0 saturated carbocycles. The number of rotatable bonds is 9. The van der Waals surface area contributed by atoms with E-state index in [1.165, 1.54) is 0 Å². The molecule has 8 heteroatoms. The molecule has 2 rings (SSSR count). The molecule has 0 aliphatic carbocycles. The van der Waals surface area contributed by atoms with Gasteiger partial charge >= 0.3 is 162 Å². The molecule has 4 N–H and O–H groups in total. The first kappa shape index (κ1) is 20.3. The summed E-state index contributed by atoms with van der Waals surface area (Å²) in [5.74, 6) is 0.0551. The zero-order valence-corrected chi connectivity index (χ0v) is 16.7. The van der Waals surface area contributed by atoms with Crippen LogP contribution in [0.4, 0.5) is 5.69 Å². The predicted molar refractivity (Wildman–Crippen MR) is 105 cm³/mol. The molecule has 138 valence electrons. The van der Waals surface area contributed by atoms with Crippen molar-refractivity contribution in [2.75, 3.05) is 18.2 Å². The first-order valence-corrected chi connectivity index (χ1v) is 11.7. The molecule has 0 radical (unpaired) electrons. The minimum absolute atomic E-state index is 0.117. The number of amides is 1. The van der Waals surface area contributed by atoms with E-state index in [-0.39, 0.29) is 19.7 Å². The quantitative estimate of drug-likeness (QED) is 0.406. The Labute approximate surface area is 161 Å². The third-order valence-electron chi connectivity index (χ3n) is 3.45. The second-order valence-electron chi connectivity index (χ2n) is 5.30. The fourth-order valence-electron chi connectivity index (χ4n) is 2.06. The molecule has 0 aliphatic rings. The third-order valence-corrected chi connectivity index (χ3v) is 7.86. The summed E-state index contributed by atoms with van der Waals surface area (Å²) in [5.41, 5.74) is 6.80. The molecule has 6 nitrogen and oxygen atoms in total. The van der Waals surface area contributed by atoms with Gasteiger partial charge in [0.05, 0.1) is 0 Å². The fourth-order valence-corrected chi connectivity index (χ4v) is 6.39. The van der Waals surface area contributed by atoms with E-state index in [0.29, 0.717) is 23.5 Å². The summed E-state index contributed by atoms with van der Waals surface area (Å²) in [6.07, 6.45) is 0.377. The van der Waals surface area contributed by atoms with Gasteiger partial charge in [0.25, 0.3) is 0 Å². The standard InChI is InChI=1S/C18H20N2O4SSe/c1-24-15-9-5-8-13(17(21)20-12-6-3-2-4-7-12)16(15)26-25-11-10-14(19)18(22)23/h2-9,14H,10-11,19H2,1H3,(H,20,21)(H,22,23). The van der Waals surface area contributed by atoms with Gasteiger partial charge in [-0.3, -0.25) is 0 Å². The number of ether oxygens (including phenoxy) is 1. The van der Waals surface area contributed by atoms with Crippen LogP contribution in [-0.4, -0.2) is 49.7 Å². The molecule has 0 aliphatic heterocycles. The Morgan fingerprint density at radius 3 is 2.62 bits per heavy atom. The number of carboxylic acids is 1. The van der Waals surface area contributed by atoms with Crippen molar-refractivity contribution in [3.05, 3.63) is 54.1 Å². The Bertz CT molecular complexity index is 758. The molecule has 1 unspecified atom stereocenters. The molecule has 2 aromatic carbocycles. The summed E-state index contributed by atoms with van der Waals surface area (Å²) >= 11 is -0.117. The number of hydrogen-bond donors (Lipinski definition) is 3. The van der Waals surface area contributed by atoms with E-state index in [0.717, 1.165) is 10.1 Å². The van der Waals surface area contributed by atoms with Crippen LogP contribution in [0.25, 0.3) is 0 Å². The van der Waals surface area contributed by atoms with E-state index in [9.17, 15) is 9.59 Å². The molecule has 1 amide bonds. The van der Waals surface area contributed by atoms with Gasteiger partial charge in [-0.05, 0) is 0 Å². The molecule has 0 aromatic heterocycles. The molecule has 1 atom stereocenters. The van der Waals surface area contributed by atoms with E-state index in [1.54, 1.807) is 29.4 Å². The van der Waals surface area contributed by atoms with Crippen LogP contribution in [0.15, 0.2) is 48.5 Å². The number of aliphatic carboxylic acids is 1. The van der Waals surface area contributed by atoms with Crippen molar-refractivity contribution in [1.82, 2.24) is 0 Å². The molecule has 0 spiro atoms. The molecule has 0 fully saturated rings. The number of hydrogen-bond acceptors (Lipinski definition) is 5. The van der Waals surface area contributed by atoms with Crippen molar-refractivity contribution >= 4 is 46.0 Å². The van der Waals surface area contributed by atoms with E-state index < -0.39 is 12.0 Å². The summed E-state index contributed by atoms with van der Waals surface area (Å²) in [6, 6.07) is 13.7. The Kier molecular flexibility index (Phi) is 8.00. The van der Waals surface area contributed by atoms with Crippen molar-refractivity contribution in [3.63, 3.8) is 0 Å². The number of nitrogens with two attached hydrogens (primary N) is 1. The zero-order chi connectivity index (χ0) is 18.9. The SMILES string of the molecule is COc1cccc(C(=O)Nc2ccccc2)c1[Se]SCCC(N)C(=O)O. The predicted octanol–water partition coefficient (Wildman–Crippen LogP) is 1.73. The number of carboxylic acid groups (broad SMARTS) is 1. The maximum atomic E-state index is 12.7. The number of methoxy groups -OCH3 is 1. The normalized spacial score (nSPS) is 11.6. The van der Waals surface area contributed by atoms with Crippen molar-refractivity contribution in [3.8, 4) is 5.75 Å².